The molecule has 1 unspecified atom stereocenters. The van der Waals surface area contributed by atoms with Crippen LogP contribution in [0, 0.1) is 12.8 Å². The highest BCUT2D eigenvalue weighted by atomic mass is 79.9. The summed E-state index contributed by atoms with van der Waals surface area (Å²) in [6.45, 7) is 3.68. The molecule has 4 rings (SSSR count). The second-order valence-electron chi connectivity index (χ2n) is 8.77. The summed E-state index contributed by atoms with van der Waals surface area (Å²) in [6, 6.07) is 12.9. The van der Waals surface area contributed by atoms with E-state index in [4.69, 9.17) is 0 Å². The number of ketones is 2. The third-order valence-corrected chi connectivity index (χ3v) is 6.23. The molecule has 7 heteroatoms. The van der Waals surface area contributed by atoms with Gasteiger partial charge in [-0.25, -0.2) is 4.57 Å². The maximum absolute atomic E-state index is 13.1. The molecule has 178 valence electrons. The van der Waals surface area contributed by atoms with Crippen LogP contribution in [0.15, 0.2) is 60.9 Å². The number of benzene rings is 2. The molecule has 0 saturated carbocycles. The van der Waals surface area contributed by atoms with Crippen LogP contribution in [-0.2, 0) is 25.6 Å². The number of carbonyl (C=O) groups excluding carboxylic acids is 2. The largest absolute Gasteiger partial charge is 1.00 e. The van der Waals surface area contributed by atoms with Crippen LogP contribution in [0.5, 0.6) is 0 Å². The second-order valence-corrected chi connectivity index (χ2v) is 8.77. The molecule has 3 nitrogen and oxygen atoms in total. The van der Waals surface area contributed by atoms with E-state index in [1.54, 1.807) is 23.0 Å². The summed E-state index contributed by atoms with van der Waals surface area (Å²) in [5, 5.41) is 0. The highest BCUT2D eigenvalue weighted by molar-refractivity contribution is 6.01. The van der Waals surface area contributed by atoms with Crippen molar-refractivity contribution < 1.29 is 44.3 Å². The molecular weight excluding hydrogens is 507 g/mol. The van der Waals surface area contributed by atoms with Gasteiger partial charge >= 0.3 is 6.18 Å². The zero-order chi connectivity index (χ0) is 23.8. The minimum absolute atomic E-state index is 0. The molecule has 0 fully saturated rings. The van der Waals surface area contributed by atoms with Crippen molar-refractivity contribution in [3.05, 3.63) is 99.9 Å². The highest BCUT2D eigenvalue weighted by Crippen LogP contribution is 2.30. The number of aromatic nitrogens is 1. The Hall–Kier alpha value is -2.80. The third-order valence-electron chi connectivity index (χ3n) is 6.23. The number of fused-ring (bicyclic) bond motifs is 1. The molecule has 1 aromatic heterocycles. The van der Waals surface area contributed by atoms with Gasteiger partial charge in [0.1, 0.15) is 0 Å². The lowest BCUT2D eigenvalue weighted by atomic mass is 9.79. The first-order valence-electron chi connectivity index (χ1n) is 10.9. The van der Waals surface area contributed by atoms with Crippen molar-refractivity contribution in [3.8, 4) is 0 Å². The van der Waals surface area contributed by atoms with Crippen molar-refractivity contribution in [1.82, 2.24) is 0 Å². The van der Waals surface area contributed by atoms with E-state index >= 15 is 0 Å². The van der Waals surface area contributed by atoms with Crippen molar-refractivity contribution in [3.63, 3.8) is 0 Å². The average Bonchev–Trinajstić information content (AvgIpc) is 2.76. The van der Waals surface area contributed by atoms with Crippen LogP contribution in [0.25, 0.3) is 0 Å². The van der Waals surface area contributed by atoms with Gasteiger partial charge in [-0.3, -0.25) is 9.59 Å². The lowest BCUT2D eigenvalue weighted by Crippen LogP contribution is -3.00. The normalized spacial score (nSPS) is 15.4. The summed E-state index contributed by atoms with van der Waals surface area (Å²) in [5.74, 6) is -0.230. The lowest BCUT2D eigenvalue weighted by molar-refractivity contribution is -0.688. The molecule has 0 radical (unpaired) electrons. The SMILES string of the molecule is CC(=O)c1c[n+](Cc2cccc(C(F)(F)F)c2)ccc1CC1CCc2cc(C)ccc2C1=O.[Br-]. The maximum atomic E-state index is 13.1. The Balaban J connectivity index is 0.00000324. The van der Waals surface area contributed by atoms with E-state index in [9.17, 15) is 22.8 Å². The van der Waals surface area contributed by atoms with E-state index in [0.29, 0.717) is 17.5 Å². The van der Waals surface area contributed by atoms with E-state index in [0.717, 1.165) is 47.2 Å². The Morgan fingerprint density at radius 1 is 1.12 bits per heavy atom. The zero-order valence-corrected chi connectivity index (χ0v) is 20.5. The smallest absolute Gasteiger partial charge is 0.416 e. The number of aryl methyl sites for hydroxylation is 2. The van der Waals surface area contributed by atoms with Crippen molar-refractivity contribution in [2.45, 2.75) is 45.8 Å². The first kappa shape index (κ1) is 25.8. The number of halogens is 4. The number of pyridine rings is 1. The molecule has 1 atom stereocenters. The minimum atomic E-state index is -4.40. The molecule has 2 aromatic carbocycles. The van der Waals surface area contributed by atoms with Crippen LogP contribution < -0.4 is 21.5 Å². The standard InChI is InChI=1S/C27H25F3NO2.BrH/c1-17-6-9-24-20(12-17)7-8-22(26(24)33)14-21-10-11-31(16-25(21)18(2)32)15-19-4-3-5-23(13-19)27(28,29)30;/h3-6,9-13,16,22H,7-8,14-15H2,1-2H3;1H/q+1;/p-1. The molecule has 34 heavy (non-hydrogen) atoms. The maximum Gasteiger partial charge on any atom is 0.416 e. The lowest BCUT2D eigenvalue weighted by Gasteiger charge is -2.24. The molecule has 1 heterocycles. The van der Waals surface area contributed by atoms with Crippen molar-refractivity contribution in [1.29, 1.82) is 0 Å². The molecule has 0 aliphatic heterocycles. The number of Topliss-reactive ketones (excluding diaryl/α,β-unsaturated/α-hetero) is 2. The summed E-state index contributed by atoms with van der Waals surface area (Å²) in [7, 11) is 0. The minimum Gasteiger partial charge on any atom is -1.00 e. The second kappa shape index (κ2) is 10.2. The summed E-state index contributed by atoms with van der Waals surface area (Å²) in [6.07, 6.45) is 1.04. The Morgan fingerprint density at radius 3 is 2.59 bits per heavy atom. The predicted molar refractivity (Wildman–Crippen MR) is 118 cm³/mol. The van der Waals surface area contributed by atoms with Crippen molar-refractivity contribution >= 4 is 11.6 Å². The van der Waals surface area contributed by atoms with Gasteiger partial charge in [0.25, 0.3) is 0 Å². The fraction of sp³-hybridized carbons (Fsp3) is 0.296. The van der Waals surface area contributed by atoms with E-state index in [1.807, 2.05) is 25.1 Å². The zero-order valence-electron chi connectivity index (χ0n) is 19.0. The van der Waals surface area contributed by atoms with Gasteiger partial charge < -0.3 is 17.0 Å². The van der Waals surface area contributed by atoms with E-state index in [-0.39, 0.29) is 41.0 Å². The van der Waals surface area contributed by atoms with Crippen LogP contribution in [-0.4, -0.2) is 11.6 Å². The monoisotopic (exact) mass is 531 g/mol. The van der Waals surface area contributed by atoms with Gasteiger partial charge in [-0.2, -0.15) is 13.2 Å². The Kier molecular flexibility index (Phi) is 7.76. The molecule has 0 spiro atoms. The van der Waals surface area contributed by atoms with Crippen molar-refractivity contribution in [2.75, 3.05) is 0 Å². The van der Waals surface area contributed by atoms with Crippen molar-refractivity contribution in [2.24, 2.45) is 5.92 Å². The fourth-order valence-corrected chi connectivity index (χ4v) is 4.53. The van der Waals surface area contributed by atoms with Gasteiger partial charge in [0.05, 0.1) is 11.1 Å². The Labute approximate surface area is 207 Å². The van der Waals surface area contributed by atoms with Gasteiger partial charge in [0, 0.05) is 23.1 Å². The molecule has 0 amide bonds. The summed E-state index contributed by atoms with van der Waals surface area (Å²) >= 11 is 0. The predicted octanol–water partition coefficient (Wildman–Crippen LogP) is 2.54. The Morgan fingerprint density at radius 2 is 1.88 bits per heavy atom. The molecule has 0 saturated heterocycles. The van der Waals surface area contributed by atoms with E-state index in [1.165, 1.54) is 13.0 Å². The highest BCUT2D eigenvalue weighted by Gasteiger charge is 2.31. The number of alkyl halides is 3. The number of hydrogen-bond donors (Lipinski definition) is 0. The molecule has 0 N–H and O–H groups in total. The van der Waals surface area contributed by atoms with E-state index in [2.05, 4.69) is 6.07 Å². The van der Waals surface area contributed by atoms with Gasteiger partial charge in [0.2, 0.25) is 0 Å². The molecule has 1 aliphatic carbocycles. The van der Waals surface area contributed by atoms with Crippen LogP contribution in [0.4, 0.5) is 13.2 Å². The van der Waals surface area contributed by atoms with Gasteiger partial charge in [0.15, 0.2) is 30.5 Å². The molecule has 0 bridgehead atoms. The van der Waals surface area contributed by atoms with Gasteiger partial charge in [-0.1, -0.05) is 35.9 Å². The number of hydrogen-bond acceptors (Lipinski definition) is 2. The van der Waals surface area contributed by atoms with Gasteiger partial charge in [-0.15, -0.1) is 0 Å². The summed E-state index contributed by atoms with van der Waals surface area (Å²) < 4.78 is 40.8. The van der Waals surface area contributed by atoms with Crippen LogP contribution in [0.2, 0.25) is 0 Å². The number of carbonyl (C=O) groups is 2. The van der Waals surface area contributed by atoms with Crippen LogP contribution in [0.1, 0.15) is 61.9 Å². The fourth-order valence-electron chi connectivity index (χ4n) is 4.53. The Bertz CT molecular complexity index is 1240. The molecular formula is C27H25BrF3NO2. The summed E-state index contributed by atoms with van der Waals surface area (Å²) in [5.41, 5.74) is 4.05. The van der Waals surface area contributed by atoms with Gasteiger partial charge in [-0.05, 0) is 56.4 Å². The average molecular weight is 532 g/mol. The first-order valence-corrected chi connectivity index (χ1v) is 10.9. The van der Waals surface area contributed by atoms with Crippen LogP contribution in [0.3, 0.4) is 0 Å². The van der Waals surface area contributed by atoms with Crippen LogP contribution >= 0.6 is 0 Å². The number of nitrogens with zero attached hydrogens (tertiary/aromatic N) is 1. The molecule has 3 aromatic rings. The summed E-state index contributed by atoms with van der Waals surface area (Å²) in [4.78, 5) is 25.4. The molecule has 1 aliphatic rings. The third kappa shape index (κ3) is 5.63. The first-order chi connectivity index (χ1) is 15.6. The number of rotatable bonds is 5. The van der Waals surface area contributed by atoms with E-state index < -0.39 is 11.7 Å². The topological polar surface area (TPSA) is 38.0 Å². The quantitative estimate of drug-likeness (QED) is 0.375.